The van der Waals surface area contributed by atoms with Gasteiger partial charge in [-0.05, 0) is 24.0 Å². The number of benzene rings is 1. The van der Waals surface area contributed by atoms with Crippen molar-refractivity contribution in [2.45, 2.75) is 5.75 Å². The van der Waals surface area contributed by atoms with Gasteiger partial charge < -0.3 is 5.11 Å². The first kappa shape index (κ1) is 16.0. The Balaban J connectivity index is 2.83. The van der Waals surface area contributed by atoms with Crippen LogP contribution < -0.4 is 0 Å². The highest BCUT2D eigenvalue weighted by Crippen LogP contribution is 2.12. The molecule has 0 bridgehead atoms. The second-order valence-electron chi connectivity index (χ2n) is 4.08. The van der Waals surface area contributed by atoms with Gasteiger partial charge >= 0.3 is 5.97 Å². The zero-order valence-electron chi connectivity index (χ0n) is 10.9. The fourth-order valence-corrected chi connectivity index (χ4v) is 3.24. The third kappa shape index (κ3) is 4.85. The Bertz CT molecular complexity index is 542. The first-order valence-corrected chi connectivity index (χ1v) is 8.62. The maximum atomic E-state index is 12.1. The molecule has 0 amide bonds. The average Bonchev–Trinajstić information content (AvgIpc) is 2.35. The SMILES string of the molecule is CSCCN(C)S(=O)(=O)Cc1cccc(C(=O)O)c1. The highest BCUT2D eigenvalue weighted by Gasteiger charge is 2.18. The molecular formula is C12H17NO4S2. The first-order valence-electron chi connectivity index (χ1n) is 5.62. The summed E-state index contributed by atoms with van der Waals surface area (Å²) in [6.07, 6.45) is 1.91. The monoisotopic (exact) mass is 303 g/mol. The van der Waals surface area contributed by atoms with Gasteiger partial charge in [0.1, 0.15) is 0 Å². The molecule has 1 rings (SSSR count). The van der Waals surface area contributed by atoms with Gasteiger partial charge in [0.25, 0.3) is 0 Å². The second-order valence-corrected chi connectivity index (χ2v) is 7.14. The molecule has 0 saturated carbocycles. The van der Waals surface area contributed by atoms with Gasteiger partial charge in [-0.15, -0.1) is 0 Å². The van der Waals surface area contributed by atoms with Crippen molar-refractivity contribution in [1.82, 2.24) is 4.31 Å². The third-order valence-electron chi connectivity index (χ3n) is 2.61. The van der Waals surface area contributed by atoms with Crippen LogP contribution in [0.5, 0.6) is 0 Å². The first-order chi connectivity index (χ1) is 8.86. The van der Waals surface area contributed by atoms with E-state index >= 15 is 0 Å². The molecule has 0 radical (unpaired) electrons. The Morgan fingerprint density at radius 1 is 1.42 bits per heavy atom. The van der Waals surface area contributed by atoms with Crippen LogP contribution in [0.25, 0.3) is 0 Å². The number of rotatable bonds is 7. The predicted octanol–water partition coefficient (Wildman–Crippen LogP) is 1.51. The lowest BCUT2D eigenvalue weighted by Gasteiger charge is -2.16. The van der Waals surface area contributed by atoms with E-state index in [1.54, 1.807) is 23.9 Å². The molecule has 106 valence electrons. The van der Waals surface area contributed by atoms with E-state index < -0.39 is 16.0 Å². The zero-order valence-corrected chi connectivity index (χ0v) is 12.5. The van der Waals surface area contributed by atoms with E-state index in [0.29, 0.717) is 12.1 Å². The Hall–Kier alpha value is -1.05. The number of hydrogen-bond donors (Lipinski definition) is 1. The summed E-state index contributed by atoms with van der Waals surface area (Å²) in [5.41, 5.74) is 0.579. The summed E-state index contributed by atoms with van der Waals surface area (Å²) in [5.74, 6) is -0.515. The lowest BCUT2D eigenvalue weighted by Crippen LogP contribution is -2.30. The molecule has 1 N–H and O–H groups in total. The molecule has 0 aromatic heterocycles. The third-order valence-corrected chi connectivity index (χ3v) is 5.03. The number of nitrogens with zero attached hydrogens (tertiary/aromatic N) is 1. The molecule has 0 aliphatic carbocycles. The topological polar surface area (TPSA) is 74.7 Å². The number of sulfonamides is 1. The Morgan fingerprint density at radius 2 is 2.11 bits per heavy atom. The van der Waals surface area contributed by atoms with Gasteiger partial charge in [-0.2, -0.15) is 11.8 Å². The molecule has 19 heavy (non-hydrogen) atoms. The average molecular weight is 303 g/mol. The summed E-state index contributed by atoms with van der Waals surface area (Å²) in [4.78, 5) is 10.8. The van der Waals surface area contributed by atoms with Gasteiger partial charge in [-0.3, -0.25) is 0 Å². The van der Waals surface area contributed by atoms with E-state index in [2.05, 4.69) is 0 Å². The lowest BCUT2D eigenvalue weighted by molar-refractivity contribution is 0.0696. The van der Waals surface area contributed by atoms with Crippen molar-refractivity contribution < 1.29 is 18.3 Å². The van der Waals surface area contributed by atoms with Gasteiger partial charge in [-0.1, -0.05) is 12.1 Å². The largest absolute Gasteiger partial charge is 0.478 e. The van der Waals surface area contributed by atoms with Crippen LogP contribution in [-0.4, -0.2) is 49.4 Å². The summed E-state index contributed by atoms with van der Waals surface area (Å²) >= 11 is 1.57. The number of hydrogen-bond acceptors (Lipinski definition) is 4. The van der Waals surface area contributed by atoms with Crippen LogP contribution in [0.3, 0.4) is 0 Å². The molecule has 0 aliphatic heterocycles. The smallest absolute Gasteiger partial charge is 0.335 e. The van der Waals surface area contributed by atoms with Crippen molar-refractivity contribution in [3.05, 3.63) is 35.4 Å². The quantitative estimate of drug-likeness (QED) is 0.826. The molecule has 7 heteroatoms. The van der Waals surface area contributed by atoms with Crippen LogP contribution in [-0.2, 0) is 15.8 Å². The van der Waals surface area contributed by atoms with Crippen LogP contribution in [0.15, 0.2) is 24.3 Å². The van der Waals surface area contributed by atoms with E-state index in [0.717, 1.165) is 5.75 Å². The minimum Gasteiger partial charge on any atom is -0.478 e. The van der Waals surface area contributed by atoms with E-state index in [-0.39, 0.29) is 11.3 Å². The number of carbonyl (C=O) groups is 1. The summed E-state index contributed by atoms with van der Waals surface area (Å²) in [7, 11) is -1.87. The fraction of sp³-hybridized carbons (Fsp3) is 0.417. The molecule has 0 fully saturated rings. The molecule has 0 atom stereocenters. The summed E-state index contributed by atoms with van der Waals surface area (Å²) in [6.45, 7) is 0.447. The van der Waals surface area contributed by atoms with Crippen molar-refractivity contribution in [2.75, 3.05) is 25.6 Å². The van der Waals surface area contributed by atoms with E-state index in [9.17, 15) is 13.2 Å². The lowest BCUT2D eigenvalue weighted by atomic mass is 10.1. The molecule has 0 heterocycles. The standard InChI is InChI=1S/C12H17NO4S2/c1-13(6-7-18-2)19(16,17)9-10-4-3-5-11(8-10)12(14)15/h3-5,8H,6-7,9H2,1-2H3,(H,14,15). The van der Waals surface area contributed by atoms with Gasteiger partial charge in [0.05, 0.1) is 11.3 Å². The fourth-order valence-electron chi connectivity index (χ4n) is 1.47. The van der Waals surface area contributed by atoms with Gasteiger partial charge in [0.2, 0.25) is 10.0 Å². The molecule has 0 spiro atoms. The zero-order chi connectivity index (χ0) is 14.5. The molecule has 1 aromatic rings. The maximum Gasteiger partial charge on any atom is 0.335 e. The molecule has 1 aromatic carbocycles. The van der Waals surface area contributed by atoms with E-state index in [1.807, 2.05) is 6.26 Å². The second kappa shape index (κ2) is 6.93. The molecule has 0 saturated heterocycles. The maximum absolute atomic E-state index is 12.1. The van der Waals surface area contributed by atoms with E-state index in [1.165, 1.54) is 23.5 Å². The summed E-state index contributed by atoms with van der Waals surface area (Å²) in [5, 5.41) is 8.87. The van der Waals surface area contributed by atoms with Crippen molar-refractivity contribution in [1.29, 1.82) is 0 Å². The highest BCUT2D eigenvalue weighted by atomic mass is 32.2. The minimum atomic E-state index is -3.40. The van der Waals surface area contributed by atoms with Crippen molar-refractivity contribution in [3.8, 4) is 0 Å². The van der Waals surface area contributed by atoms with Gasteiger partial charge in [-0.25, -0.2) is 17.5 Å². The van der Waals surface area contributed by atoms with Gasteiger partial charge in [0.15, 0.2) is 0 Å². The number of aromatic carboxylic acids is 1. The molecule has 0 aliphatic rings. The molecule has 0 unspecified atom stereocenters. The Kier molecular flexibility index (Phi) is 5.84. The summed E-state index contributed by atoms with van der Waals surface area (Å²) in [6, 6.07) is 6.00. The number of carboxylic acids is 1. The molecular weight excluding hydrogens is 286 g/mol. The van der Waals surface area contributed by atoms with Crippen LogP contribution in [0.1, 0.15) is 15.9 Å². The van der Waals surface area contributed by atoms with Crippen LogP contribution in [0.4, 0.5) is 0 Å². The summed E-state index contributed by atoms with van der Waals surface area (Å²) < 4.78 is 25.4. The highest BCUT2D eigenvalue weighted by molar-refractivity contribution is 7.98. The van der Waals surface area contributed by atoms with Crippen LogP contribution in [0, 0.1) is 0 Å². The predicted molar refractivity (Wildman–Crippen MR) is 77.0 cm³/mol. The van der Waals surface area contributed by atoms with Crippen LogP contribution in [0.2, 0.25) is 0 Å². The van der Waals surface area contributed by atoms with Crippen molar-refractivity contribution >= 4 is 27.8 Å². The number of carboxylic acid groups (broad SMARTS) is 1. The Labute approximate surface area is 117 Å². The molecule has 5 nitrogen and oxygen atoms in total. The normalized spacial score (nSPS) is 11.7. The van der Waals surface area contributed by atoms with Gasteiger partial charge in [0, 0.05) is 19.3 Å². The van der Waals surface area contributed by atoms with Crippen LogP contribution >= 0.6 is 11.8 Å². The van der Waals surface area contributed by atoms with Crippen molar-refractivity contribution in [3.63, 3.8) is 0 Å². The Morgan fingerprint density at radius 3 is 2.68 bits per heavy atom. The van der Waals surface area contributed by atoms with Crippen molar-refractivity contribution in [2.24, 2.45) is 0 Å². The van der Waals surface area contributed by atoms with E-state index in [4.69, 9.17) is 5.11 Å². The minimum absolute atomic E-state index is 0.0967. The number of thioether (sulfide) groups is 1.